The third kappa shape index (κ3) is 5.42. The standard InChI is InChI=1S/C17H23ClN4O3/c1-12(23)20-4-6-21(13(2)24)10-16-8-15(18)9-17(19-16)11-22(7-5-20)14(3)25/h8-9H,4-7,10-11H2,1-3H3. The zero-order chi connectivity index (χ0) is 18.6. The number of pyridine rings is 1. The van der Waals surface area contributed by atoms with E-state index in [-0.39, 0.29) is 17.7 Å². The van der Waals surface area contributed by atoms with E-state index < -0.39 is 0 Å². The summed E-state index contributed by atoms with van der Waals surface area (Å²) < 4.78 is 0. The minimum absolute atomic E-state index is 0.0799. The van der Waals surface area contributed by atoms with Crippen molar-refractivity contribution in [2.24, 2.45) is 0 Å². The molecule has 0 aromatic carbocycles. The van der Waals surface area contributed by atoms with Gasteiger partial charge in [0.2, 0.25) is 17.7 Å². The third-order valence-corrected chi connectivity index (χ3v) is 4.44. The largest absolute Gasteiger partial charge is 0.339 e. The molecule has 0 aliphatic carbocycles. The van der Waals surface area contributed by atoms with Crippen LogP contribution in [0, 0.1) is 0 Å². The molecule has 1 aromatic rings. The van der Waals surface area contributed by atoms with Crippen molar-refractivity contribution in [3.05, 3.63) is 28.5 Å². The first kappa shape index (κ1) is 19.2. The van der Waals surface area contributed by atoms with E-state index >= 15 is 0 Å². The summed E-state index contributed by atoms with van der Waals surface area (Å²) in [7, 11) is 0. The lowest BCUT2D eigenvalue weighted by atomic mass is 10.2. The van der Waals surface area contributed by atoms with Crippen LogP contribution in [0.2, 0.25) is 5.02 Å². The quantitative estimate of drug-likeness (QED) is 0.693. The lowest BCUT2D eigenvalue weighted by molar-refractivity contribution is -0.134. The van der Waals surface area contributed by atoms with Crippen LogP contribution in [0.25, 0.3) is 0 Å². The summed E-state index contributed by atoms with van der Waals surface area (Å²) in [5.41, 5.74) is 1.33. The van der Waals surface area contributed by atoms with Gasteiger partial charge in [-0.25, -0.2) is 0 Å². The smallest absolute Gasteiger partial charge is 0.219 e. The number of nitrogens with zero attached hydrogens (tertiary/aromatic N) is 4. The second-order valence-corrected chi connectivity index (χ2v) is 6.59. The van der Waals surface area contributed by atoms with Crippen molar-refractivity contribution >= 4 is 29.3 Å². The number of halogens is 1. The highest BCUT2D eigenvalue weighted by Crippen LogP contribution is 2.16. The van der Waals surface area contributed by atoms with Gasteiger partial charge in [-0.1, -0.05) is 11.6 Å². The van der Waals surface area contributed by atoms with Crippen molar-refractivity contribution < 1.29 is 14.4 Å². The predicted octanol–water partition coefficient (Wildman–Crippen LogP) is 1.29. The Morgan fingerprint density at radius 2 is 1.16 bits per heavy atom. The van der Waals surface area contributed by atoms with Crippen molar-refractivity contribution in [3.63, 3.8) is 0 Å². The van der Waals surface area contributed by atoms with E-state index in [9.17, 15) is 14.4 Å². The summed E-state index contributed by atoms with van der Waals surface area (Å²) >= 11 is 6.18. The monoisotopic (exact) mass is 366 g/mol. The number of rotatable bonds is 0. The molecule has 0 spiro atoms. The topological polar surface area (TPSA) is 73.8 Å². The molecule has 7 nitrogen and oxygen atoms in total. The summed E-state index contributed by atoms with van der Waals surface area (Å²) in [4.78, 5) is 45.2. The number of hydrogen-bond donors (Lipinski definition) is 0. The highest BCUT2D eigenvalue weighted by Gasteiger charge is 2.19. The van der Waals surface area contributed by atoms with Gasteiger partial charge in [-0.15, -0.1) is 0 Å². The molecule has 0 fully saturated rings. The summed E-state index contributed by atoms with van der Waals surface area (Å²) in [6.45, 7) is 6.73. The fourth-order valence-corrected chi connectivity index (χ4v) is 3.02. The first-order chi connectivity index (χ1) is 11.8. The normalized spacial score (nSPS) is 16.1. The fraction of sp³-hybridized carbons (Fsp3) is 0.529. The van der Waals surface area contributed by atoms with Gasteiger partial charge in [0.25, 0.3) is 0 Å². The zero-order valence-electron chi connectivity index (χ0n) is 14.8. The van der Waals surface area contributed by atoms with Gasteiger partial charge >= 0.3 is 0 Å². The molecular weight excluding hydrogens is 344 g/mol. The predicted molar refractivity (Wildman–Crippen MR) is 93.7 cm³/mol. The van der Waals surface area contributed by atoms with E-state index in [1.807, 2.05) is 0 Å². The van der Waals surface area contributed by atoms with Crippen LogP contribution in [-0.2, 0) is 27.5 Å². The second-order valence-electron chi connectivity index (χ2n) is 6.16. The number of hydrogen-bond acceptors (Lipinski definition) is 4. The van der Waals surface area contributed by atoms with E-state index in [2.05, 4.69) is 4.98 Å². The van der Waals surface area contributed by atoms with Crippen LogP contribution in [-0.4, -0.2) is 63.6 Å². The van der Waals surface area contributed by atoms with Gasteiger partial charge in [0, 0.05) is 52.0 Å². The second kappa shape index (κ2) is 8.29. The molecule has 0 atom stereocenters. The van der Waals surface area contributed by atoms with Crippen molar-refractivity contribution in [1.29, 1.82) is 0 Å². The molecule has 0 N–H and O–H groups in total. The van der Waals surface area contributed by atoms with Crippen LogP contribution in [0.3, 0.4) is 0 Å². The molecule has 8 heteroatoms. The van der Waals surface area contributed by atoms with Crippen LogP contribution in [0.4, 0.5) is 0 Å². The fourth-order valence-electron chi connectivity index (χ4n) is 2.77. The van der Waals surface area contributed by atoms with Crippen LogP contribution in [0.1, 0.15) is 32.2 Å². The molecule has 0 saturated carbocycles. The average Bonchev–Trinajstić information content (AvgIpc) is 2.49. The van der Waals surface area contributed by atoms with Crippen molar-refractivity contribution in [1.82, 2.24) is 19.7 Å². The molecule has 0 radical (unpaired) electrons. The molecule has 3 amide bonds. The highest BCUT2D eigenvalue weighted by atomic mass is 35.5. The zero-order valence-corrected chi connectivity index (χ0v) is 15.5. The molecule has 136 valence electrons. The molecule has 1 aromatic heterocycles. The first-order valence-electron chi connectivity index (χ1n) is 8.18. The van der Waals surface area contributed by atoms with E-state index in [0.29, 0.717) is 55.7 Å². The Morgan fingerprint density at radius 1 is 0.800 bits per heavy atom. The summed E-state index contributed by atoms with van der Waals surface area (Å²) in [6, 6.07) is 3.43. The van der Waals surface area contributed by atoms with E-state index in [1.165, 1.54) is 20.8 Å². The molecule has 2 rings (SSSR count). The van der Waals surface area contributed by atoms with Gasteiger partial charge in [-0.05, 0) is 12.1 Å². The van der Waals surface area contributed by atoms with E-state index in [1.54, 1.807) is 26.8 Å². The Labute approximate surface area is 152 Å². The number of amides is 3. The maximum atomic E-state index is 11.9. The van der Waals surface area contributed by atoms with Crippen molar-refractivity contribution in [2.45, 2.75) is 33.9 Å². The van der Waals surface area contributed by atoms with Gasteiger partial charge < -0.3 is 14.7 Å². The average molecular weight is 367 g/mol. The van der Waals surface area contributed by atoms with Crippen LogP contribution in [0.5, 0.6) is 0 Å². The Bertz CT molecular complexity index is 634. The van der Waals surface area contributed by atoms with Crippen molar-refractivity contribution in [3.8, 4) is 0 Å². The van der Waals surface area contributed by atoms with Gasteiger partial charge in [-0.3, -0.25) is 19.4 Å². The van der Waals surface area contributed by atoms with Crippen LogP contribution >= 0.6 is 11.6 Å². The molecule has 0 unspecified atom stereocenters. The van der Waals surface area contributed by atoms with Gasteiger partial charge in [-0.2, -0.15) is 0 Å². The summed E-state index contributed by atoms with van der Waals surface area (Å²) in [5, 5.41) is 0.523. The van der Waals surface area contributed by atoms with Gasteiger partial charge in [0.15, 0.2) is 0 Å². The molecule has 2 heterocycles. The minimum Gasteiger partial charge on any atom is -0.339 e. The Balaban J connectivity index is 2.36. The maximum absolute atomic E-state index is 11.9. The van der Waals surface area contributed by atoms with E-state index in [4.69, 9.17) is 11.6 Å². The van der Waals surface area contributed by atoms with Crippen molar-refractivity contribution in [2.75, 3.05) is 26.2 Å². The number of fused-ring (bicyclic) bond motifs is 2. The van der Waals surface area contributed by atoms with Gasteiger partial charge in [0.1, 0.15) is 0 Å². The molecule has 0 saturated heterocycles. The molecule has 25 heavy (non-hydrogen) atoms. The summed E-state index contributed by atoms with van der Waals surface area (Å²) in [5.74, 6) is -0.257. The lowest BCUT2D eigenvalue weighted by Gasteiger charge is -2.30. The molecular formula is C17H23ClN4O3. The molecule has 1 aliphatic heterocycles. The van der Waals surface area contributed by atoms with Gasteiger partial charge in [0.05, 0.1) is 24.5 Å². The van der Waals surface area contributed by atoms with E-state index in [0.717, 1.165) is 0 Å². The Hall–Kier alpha value is -2.15. The third-order valence-electron chi connectivity index (χ3n) is 4.22. The Morgan fingerprint density at radius 3 is 1.52 bits per heavy atom. The molecule has 2 bridgehead atoms. The summed E-state index contributed by atoms with van der Waals surface area (Å²) in [6.07, 6.45) is 0. The number of carbonyl (C=O) groups is 3. The number of aromatic nitrogens is 1. The molecule has 1 aliphatic rings. The van der Waals surface area contributed by atoms with Crippen LogP contribution in [0.15, 0.2) is 12.1 Å². The highest BCUT2D eigenvalue weighted by molar-refractivity contribution is 6.30. The minimum atomic E-state index is -0.0887. The lowest BCUT2D eigenvalue weighted by Crippen LogP contribution is -2.44. The Kier molecular flexibility index (Phi) is 6.36. The SMILES string of the molecule is CC(=O)N1CCN(C(C)=O)Cc2cc(Cl)cc(n2)CN(C(C)=O)CC1. The van der Waals surface area contributed by atoms with Crippen LogP contribution < -0.4 is 0 Å². The number of carbonyl (C=O) groups excluding carboxylic acids is 3. The first-order valence-corrected chi connectivity index (χ1v) is 8.56. The maximum Gasteiger partial charge on any atom is 0.219 e.